The highest BCUT2D eigenvalue weighted by molar-refractivity contribution is 5.93. The molecule has 0 aliphatic carbocycles. The van der Waals surface area contributed by atoms with Crippen LogP contribution in [0, 0.1) is 5.92 Å². The zero-order chi connectivity index (χ0) is 14.1. The van der Waals surface area contributed by atoms with Crippen LogP contribution < -0.4 is 5.32 Å². The van der Waals surface area contributed by atoms with Crippen LogP contribution in [0.2, 0.25) is 0 Å². The first-order valence-electron chi connectivity index (χ1n) is 7.48. The molecule has 1 N–H and O–H groups in total. The van der Waals surface area contributed by atoms with E-state index in [0.717, 1.165) is 12.4 Å². The van der Waals surface area contributed by atoms with Crippen LogP contribution in [0.25, 0.3) is 0 Å². The predicted molar refractivity (Wildman–Crippen MR) is 76.5 cm³/mol. The number of hydrogen-bond donors (Lipinski definition) is 1. The number of fused-ring (bicyclic) bond motifs is 3. The van der Waals surface area contributed by atoms with E-state index in [2.05, 4.69) is 20.2 Å². The first kappa shape index (κ1) is 13.5. The average Bonchev–Trinajstić information content (AvgIpc) is 2.48. The summed E-state index contributed by atoms with van der Waals surface area (Å²) in [5.41, 5.74) is 0.561. The molecule has 0 radical (unpaired) electrons. The molecule has 1 aromatic heterocycles. The Morgan fingerprint density at radius 1 is 1.30 bits per heavy atom. The SMILES string of the molecule is CC(C)c1ncc(C(=O)N[C@H]2CN3CCC2CC3)cn1. The zero-order valence-corrected chi connectivity index (χ0v) is 12.2. The molecular weight excluding hydrogens is 252 g/mol. The van der Waals surface area contributed by atoms with Crippen LogP contribution in [0.4, 0.5) is 0 Å². The maximum Gasteiger partial charge on any atom is 0.254 e. The summed E-state index contributed by atoms with van der Waals surface area (Å²) in [7, 11) is 0. The van der Waals surface area contributed by atoms with Crippen molar-refractivity contribution in [2.45, 2.75) is 38.6 Å². The highest BCUT2D eigenvalue weighted by Gasteiger charge is 2.34. The summed E-state index contributed by atoms with van der Waals surface area (Å²) in [6.07, 6.45) is 5.68. The molecule has 0 spiro atoms. The molecule has 3 aliphatic rings. The Hall–Kier alpha value is -1.49. The summed E-state index contributed by atoms with van der Waals surface area (Å²) in [6.45, 7) is 7.44. The molecule has 1 amide bonds. The van der Waals surface area contributed by atoms with Crippen molar-refractivity contribution in [1.29, 1.82) is 0 Å². The third-order valence-electron chi connectivity index (χ3n) is 4.42. The standard InChI is InChI=1S/C15H22N4O/c1-10(2)14-16-7-12(8-17-14)15(20)18-13-9-19-5-3-11(13)4-6-19/h7-8,10-11,13H,3-6,9H2,1-2H3,(H,18,20)/t13-/m0/s1. The van der Waals surface area contributed by atoms with E-state index in [4.69, 9.17) is 0 Å². The second-order valence-electron chi connectivity index (χ2n) is 6.20. The van der Waals surface area contributed by atoms with Crippen LogP contribution in [0.15, 0.2) is 12.4 Å². The summed E-state index contributed by atoms with van der Waals surface area (Å²) >= 11 is 0. The normalized spacial score (nSPS) is 28.6. The van der Waals surface area contributed by atoms with Crippen LogP contribution >= 0.6 is 0 Å². The van der Waals surface area contributed by atoms with E-state index >= 15 is 0 Å². The fourth-order valence-electron chi connectivity index (χ4n) is 3.13. The minimum absolute atomic E-state index is 0.0425. The number of hydrogen-bond acceptors (Lipinski definition) is 4. The third kappa shape index (κ3) is 2.68. The molecule has 3 saturated heterocycles. The lowest BCUT2D eigenvalue weighted by Gasteiger charge is -2.44. The fourth-order valence-corrected chi connectivity index (χ4v) is 3.13. The Balaban J connectivity index is 1.64. The van der Waals surface area contributed by atoms with Crippen molar-refractivity contribution in [2.75, 3.05) is 19.6 Å². The van der Waals surface area contributed by atoms with Crippen molar-refractivity contribution in [1.82, 2.24) is 20.2 Å². The van der Waals surface area contributed by atoms with Crippen LogP contribution in [-0.2, 0) is 0 Å². The van der Waals surface area contributed by atoms with Gasteiger partial charge in [0, 0.05) is 30.9 Å². The second kappa shape index (κ2) is 5.48. The molecule has 3 fully saturated rings. The summed E-state index contributed by atoms with van der Waals surface area (Å²) < 4.78 is 0. The molecule has 3 aliphatic heterocycles. The third-order valence-corrected chi connectivity index (χ3v) is 4.42. The van der Waals surface area contributed by atoms with Gasteiger partial charge in [0.1, 0.15) is 5.82 Å². The molecule has 4 heterocycles. The largest absolute Gasteiger partial charge is 0.348 e. The molecule has 1 aromatic rings. The zero-order valence-electron chi connectivity index (χ0n) is 12.2. The van der Waals surface area contributed by atoms with Gasteiger partial charge in [-0.05, 0) is 31.8 Å². The molecule has 4 rings (SSSR count). The summed E-state index contributed by atoms with van der Waals surface area (Å²) in [5.74, 6) is 1.66. The number of amides is 1. The number of nitrogens with one attached hydrogen (secondary N) is 1. The second-order valence-corrected chi connectivity index (χ2v) is 6.20. The Kier molecular flexibility index (Phi) is 3.70. The van der Waals surface area contributed by atoms with Crippen molar-refractivity contribution in [3.8, 4) is 0 Å². The first-order chi connectivity index (χ1) is 9.63. The molecule has 2 bridgehead atoms. The Labute approximate surface area is 119 Å². The van der Waals surface area contributed by atoms with Crippen molar-refractivity contribution in [3.05, 3.63) is 23.8 Å². The van der Waals surface area contributed by atoms with Gasteiger partial charge >= 0.3 is 0 Å². The van der Waals surface area contributed by atoms with E-state index in [-0.39, 0.29) is 17.9 Å². The lowest BCUT2D eigenvalue weighted by molar-refractivity contribution is 0.0620. The van der Waals surface area contributed by atoms with E-state index in [1.807, 2.05) is 13.8 Å². The molecule has 108 valence electrons. The number of carbonyl (C=O) groups is 1. The molecule has 5 heteroatoms. The van der Waals surface area contributed by atoms with E-state index in [1.54, 1.807) is 12.4 Å². The Morgan fingerprint density at radius 3 is 2.45 bits per heavy atom. The van der Waals surface area contributed by atoms with Gasteiger partial charge in [0.05, 0.1) is 5.56 Å². The van der Waals surface area contributed by atoms with Crippen LogP contribution in [-0.4, -0.2) is 46.5 Å². The minimum atomic E-state index is -0.0425. The lowest BCUT2D eigenvalue weighted by atomic mass is 9.84. The molecule has 5 nitrogen and oxygen atoms in total. The summed E-state index contributed by atoms with van der Waals surface area (Å²) in [4.78, 5) is 23.2. The topological polar surface area (TPSA) is 58.1 Å². The van der Waals surface area contributed by atoms with Gasteiger partial charge in [-0.15, -0.1) is 0 Å². The van der Waals surface area contributed by atoms with Gasteiger partial charge < -0.3 is 10.2 Å². The Bertz CT molecular complexity index is 477. The monoisotopic (exact) mass is 274 g/mol. The van der Waals surface area contributed by atoms with Gasteiger partial charge in [0.2, 0.25) is 0 Å². The predicted octanol–water partition coefficient (Wildman–Crippen LogP) is 1.42. The van der Waals surface area contributed by atoms with Gasteiger partial charge in [0.25, 0.3) is 5.91 Å². The van der Waals surface area contributed by atoms with E-state index in [9.17, 15) is 4.79 Å². The number of carbonyl (C=O) groups excluding carboxylic acids is 1. The average molecular weight is 274 g/mol. The smallest absolute Gasteiger partial charge is 0.254 e. The number of aromatic nitrogens is 2. The van der Waals surface area contributed by atoms with Gasteiger partial charge in [-0.2, -0.15) is 0 Å². The van der Waals surface area contributed by atoms with Crippen molar-refractivity contribution < 1.29 is 4.79 Å². The first-order valence-corrected chi connectivity index (χ1v) is 7.48. The highest BCUT2D eigenvalue weighted by atomic mass is 16.1. The van der Waals surface area contributed by atoms with Crippen molar-refractivity contribution in [3.63, 3.8) is 0 Å². The number of piperidine rings is 3. The maximum absolute atomic E-state index is 12.3. The molecule has 1 atom stereocenters. The van der Waals surface area contributed by atoms with Crippen LogP contribution in [0.5, 0.6) is 0 Å². The number of rotatable bonds is 3. The van der Waals surface area contributed by atoms with Gasteiger partial charge in [-0.25, -0.2) is 9.97 Å². The maximum atomic E-state index is 12.3. The number of nitrogens with zero attached hydrogens (tertiary/aromatic N) is 3. The summed E-state index contributed by atoms with van der Waals surface area (Å²) in [5, 5.41) is 3.15. The van der Waals surface area contributed by atoms with Gasteiger partial charge in [-0.1, -0.05) is 13.8 Å². The van der Waals surface area contributed by atoms with Gasteiger partial charge in [-0.3, -0.25) is 4.79 Å². The van der Waals surface area contributed by atoms with E-state index in [1.165, 1.54) is 25.9 Å². The minimum Gasteiger partial charge on any atom is -0.348 e. The molecule has 0 unspecified atom stereocenters. The van der Waals surface area contributed by atoms with Crippen molar-refractivity contribution in [2.24, 2.45) is 5.92 Å². The molecule has 0 saturated carbocycles. The molecular formula is C15H22N4O. The lowest BCUT2D eigenvalue weighted by Crippen LogP contribution is -2.57. The van der Waals surface area contributed by atoms with E-state index < -0.39 is 0 Å². The van der Waals surface area contributed by atoms with E-state index in [0.29, 0.717) is 11.5 Å². The molecule has 20 heavy (non-hydrogen) atoms. The van der Waals surface area contributed by atoms with Crippen molar-refractivity contribution >= 4 is 5.91 Å². The van der Waals surface area contributed by atoms with Crippen LogP contribution in [0.1, 0.15) is 48.8 Å². The quantitative estimate of drug-likeness (QED) is 0.905. The fraction of sp³-hybridized carbons (Fsp3) is 0.667. The van der Waals surface area contributed by atoms with Gasteiger partial charge in [0.15, 0.2) is 0 Å². The molecule has 0 aromatic carbocycles. The summed E-state index contributed by atoms with van der Waals surface area (Å²) in [6, 6.07) is 0.287. The highest BCUT2D eigenvalue weighted by Crippen LogP contribution is 2.27. The van der Waals surface area contributed by atoms with Crippen LogP contribution in [0.3, 0.4) is 0 Å². The Morgan fingerprint density at radius 2 is 1.95 bits per heavy atom.